The minimum Gasteiger partial charge on any atom is -0.489 e. The summed E-state index contributed by atoms with van der Waals surface area (Å²) in [5.41, 5.74) is 3.70. The highest BCUT2D eigenvalue weighted by Gasteiger charge is 2.40. The molecule has 1 fully saturated rings. The van der Waals surface area contributed by atoms with E-state index in [1.54, 1.807) is 22.6 Å². The van der Waals surface area contributed by atoms with E-state index in [9.17, 15) is 13.2 Å². The van der Waals surface area contributed by atoms with Crippen LogP contribution in [0.25, 0.3) is 0 Å². The number of ether oxygens (including phenoxy) is 1. The number of hydrogen-bond donors (Lipinski definition) is 1. The van der Waals surface area contributed by atoms with Crippen molar-refractivity contribution >= 4 is 27.3 Å². The predicted molar refractivity (Wildman–Crippen MR) is 141 cm³/mol. The molecule has 1 N–H and O–H groups in total. The summed E-state index contributed by atoms with van der Waals surface area (Å²) >= 11 is 1.57. The maximum Gasteiger partial charge on any atom is 0.304 e. The molecule has 3 aromatic rings. The van der Waals surface area contributed by atoms with E-state index in [1.165, 1.54) is 0 Å². The summed E-state index contributed by atoms with van der Waals surface area (Å²) in [4.78, 5) is 11.1. The number of carboxylic acid groups (broad SMARTS) is 1. The summed E-state index contributed by atoms with van der Waals surface area (Å²) in [6.07, 6.45) is 1.42. The molecule has 0 saturated heterocycles. The number of carbonyl (C=O) groups is 1. The van der Waals surface area contributed by atoms with Crippen LogP contribution >= 0.6 is 11.3 Å². The first kappa shape index (κ1) is 26.0. The molecular formula is C28H29NO5S2. The van der Waals surface area contributed by atoms with Crippen molar-refractivity contribution in [3.63, 3.8) is 0 Å². The Bertz CT molecular complexity index is 1330. The molecule has 1 saturated carbocycles. The van der Waals surface area contributed by atoms with Crippen LogP contribution in [0.4, 0.5) is 0 Å². The fourth-order valence-electron chi connectivity index (χ4n) is 3.98. The molecule has 6 nitrogen and oxygen atoms in total. The fraction of sp³-hybridized carbons (Fsp3) is 0.321. The Morgan fingerprint density at radius 2 is 1.83 bits per heavy atom. The lowest BCUT2D eigenvalue weighted by molar-refractivity contribution is -0.137. The van der Waals surface area contributed by atoms with Crippen LogP contribution in [0.1, 0.15) is 54.4 Å². The molecule has 1 heterocycles. The van der Waals surface area contributed by atoms with Gasteiger partial charge < -0.3 is 9.84 Å². The number of carboxylic acids is 1. The first-order valence-electron chi connectivity index (χ1n) is 11.8. The van der Waals surface area contributed by atoms with E-state index in [-0.39, 0.29) is 17.6 Å². The van der Waals surface area contributed by atoms with E-state index >= 15 is 0 Å². The molecule has 0 amide bonds. The van der Waals surface area contributed by atoms with E-state index in [1.807, 2.05) is 65.4 Å². The Hall–Kier alpha value is -3.12. The fourth-order valence-corrected chi connectivity index (χ4v) is 6.46. The molecule has 4 rings (SSSR count). The van der Waals surface area contributed by atoms with Gasteiger partial charge in [-0.3, -0.25) is 4.79 Å². The van der Waals surface area contributed by atoms with Crippen molar-refractivity contribution in [2.24, 2.45) is 0 Å². The minimum atomic E-state index is -3.33. The predicted octanol–water partition coefficient (Wildman–Crippen LogP) is 5.40. The highest BCUT2D eigenvalue weighted by molar-refractivity contribution is 7.90. The third kappa shape index (κ3) is 6.97. The van der Waals surface area contributed by atoms with Gasteiger partial charge in [-0.1, -0.05) is 42.3 Å². The zero-order chi connectivity index (χ0) is 25.5. The van der Waals surface area contributed by atoms with Gasteiger partial charge in [-0.25, -0.2) is 8.42 Å². The smallest absolute Gasteiger partial charge is 0.304 e. The van der Waals surface area contributed by atoms with Crippen LogP contribution in [-0.4, -0.2) is 29.0 Å². The quantitative estimate of drug-likeness (QED) is 0.321. The van der Waals surface area contributed by atoms with Crippen molar-refractivity contribution in [3.8, 4) is 17.6 Å². The van der Waals surface area contributed by atoms with Crippen LogP contribution in [0.5, 0.6) is 5.75 Å². The molecule has 8 heteroatoms. The lowest BCUT2D eigenvalue weighted by Crippen LogP contribution is -2.32. The van der Waals surface area contributed by atoms with E-state index in [0.29, 0.717) is 25.4 Å². The van der Waals surface area contributed by atoms with Gasteiger partial charge in [0.05, 0.1) is 17.6 Å². The second-order valence-electron chi connectivity index (χ2n) is 8.87. The van der Waals surface area contributed by atoms with Crippen molar-refractivity contribution in [1.29, 1.82) is 0 Å². The van der Waals surface area contributed by atoms with Crippen molar-refractivity contribution < 1.29 is 23.1 Å². The Balaban J connectivity index is 1.41. The normalized spacial score (nSPS) is 14.2. The van der Waals surface area contributed by atoms with Gasteiger partial charge in [0.25, 0.3) is 0 Å². The third-order valence-electron chi connectivity index (χ3n) is 5.98. The minimum absolute atomic E-state index is 0.0479. The van der Waals surface area contributed by atoms with Gasteiger partial charge >= 0.3 is 5.97 Å². The molecule has 1 atom stereocenters. The summed E-state index contributed by atoms with van der Waals surface area (Å²) in [6, 6.07) is 17.1. The summed E-state index contributed by atoms with van der Waals surface area (Å²) < 4.78 is 33.7. The van der Waals surface area contributed by atoms with Crippen LogP contribution in [0.15, 0.2) is 65.4 Å². The summed E-state index contributed by atoms with van der Waals surface area (Å²) in [5, 5.41) is 12.8. The Kier molecular flexibility index (Phi) is 8.47. The summed E-state index contributed by atoms with van der Waals surface area (Å²) in [6.45, 7) is 2.73. The molecule has 0 unspecified atom stereocenters. The van der Waals surface area contributed by atoms with Gasteiger partial charge in [-0.05, 0) is 71.0 Å². The van der Waals surface area contributed by atoms with Crippen LogP contribution < -0.4 is 4.74 Å². The molecule has 0 aliphatic heterocycles. The van der Waals surface area contributed by atoms with Gasteiger partial charge in [0.15, 0.2) is 0 Å². The van der Waals surface area contributed by atoms with E-state index < -0.39 is 16.0 Å². The number of nitrogens with zero attached hydrogens (tertiary/aromatic N) is 1. The molecule has 0 radical (unpaired) electrons. The second-order valence-corrected chi connectivity index (χ2v) is 11.9. The monoisotopic (exact) mass is 523 g/mol. The first-order valence-corrected chi connectivity index (χ1v) is 14.2. The summed E-state index contributed by atoms with van der Waals surface area (Å²) in [5.74, 6) is 5.16. The standard InChI is InChI=1S/C28H29NO5S2/c1-2-4-25(16-28(30)31)24-7-9-26(10-8-24)34-19-22-6-3-5-21(15-22)17-29(18-23-13-14-35-20-23)36(32,33)27-11-12-27/h3,5-10,13-15,20,25,27H,11-12,16-19H2,1H3,(H,30,31)/t25-/m0/s1. The van der Waals surface area contributed by atoms with Crippen LogP contribution in [-0.2, 0) is 34.5 Å². The molecule has 1 aliphatic carbocycles. The maximum atomic E-state index is 13.1. The van der Waals surface area contributed by atoms with Gasteiger partial charge in [0, 0.05) is 13.1 Å². The molecular weight excluding hydrogens is 494 g/mol. The van der Waals surface area contributed by atoms with Gasteiger partial charge in [0.1, 0.15) is 12.4 Å². The first-order chi connectivity index (χ1) is 17.3. The van der Waals surface area contributed by atoms with E-state index in [4.69, 9.17) is 9.84 Å². The van der Waals surface area contributed by atoms with Gasteiger partial charge in [-0.2, -0.15) is 15.6 Å². The van der Waals surface area contributed by atoms with Crippen molar-refractivity contribution in [1.82, 2.24) is 4.31 Å². The molecule has 0 spiro atoms. The van der Waals surface area contributed by atoms with Crippen molar-refractivity contribution in [2.75, 3.05) is 0 Å². The molecule has 1 aliphatic rings. The molecule has 2 aromatic carbocycles. The van der Waals surface area contributed by atoms with Crippen LogP contribution in [0.3, 0.4) is 0 Å². The maximum absolute atomic E-state index is 13.1. The van der Waals surface area contributed by atoms with Crippen LogP contribution in [0.2, 0.25) is 0 Å². The highest BCUT2D eigenvalue weighted by atomic mass is 32.2. The topological polar surface area (TPSA) is 83.9 Å². The highest BCUT2D eigenvalue weighted by Crippen LogP contribution is 2.33. The Morgan fingerprint density at radius 1 is 1.11 bits per heavy atom. The Labute approximate surface area is 216 Å². The molecule has 1 aromatic heterocycles. The van der Waals surface area contributed by atoms with Crippen molar-refractivity contribution in [3.05, 3.63) is 87.6 Å². The number of rotatable bonds is 12. The molecule has 0 bridgehead atoms. The lowest BCUT2D eigenvalue weighted by Gasteiger charge is -2.22. The van der Waals surface area contributed by atoms with E-state index in [0.717, 1.165) is 35.1 Å². The molecule has 36 heavy (non-hydrogen) atoms. The van der Waals surface area contributed by atoms with Crippen molar-refractivity contribution in [2.45, 2.75) is 57.1 Å². The second kappa shape index (κ2) is 11.7. The third-order valence-corrected chi connectivity index (χ3v) is 9.00. The Morgan fingerprint density at radius 3 is 2.47 bits per heavy atom. The van der Waals surface area contributed by atoms with E-state index in [2.05, 4.69) is 11.8 Å². The number of thiophene rings is 1. The SMILES string of the molecule is CC#C[C@@H](CC(=O)O)c1ccc(OCc2cccc(CN(Cc3ccsc3)S(=O)(=O)C3CC3)c2)cc1. The largest absolute Gasteiger partial charge is 0.489 e. The summed E-state index contributed by atoms with van der Waals surface area (Å²) in [7, 11) is -3.33. The number of hydrogen-bond acceptors (Lipinski definition) is 5. The molecule has 188 valence electrons. The van der Waals surface area contributed by atoms with Crippen LogP contribution in [0, 0.1) is 11.8 Å². The number of aliphatic carboxylic acids is 1. The lowest BCUT2D eigenvalue weighted by atomic mass is 9.96. The zero-order valence-electron chi connectivity index (χ0n) is 20.1. The van der Waals surface area contributed by atoms with Gasteiger partial charge in [-0.15, -0.1) is 5.92 Å². The average molecular weight is 524 g/mol. The zero-order valence-corrected chi connectivity index (χ0v) is 21.7. The van der Waals surface area contributed by atoms with Gasteiger partial charge in [0.2, 0.25) is 10.0 Å². The average Bonchev–Trinajstić information content (AvgIpc) is 3.60. The number of sulfonamides is 1. The number of benzene rings is 2.